The summed E-state index contributed by atoms with van der Waals surface area (Å²) in [4.78, 5) is 18.2. The Morgan fingerprint density at radius 1 is 1.24 bits per heavy atom. The third kappa shape index (κ3) is 6.10. The Kier molecular flexibility index (Phi) is 7.06. The lowest BCUT2D eigenvalue weighted by Crippen LogP contribution is -2.15. The van der Waals surface area contributed by atoms with Crippen molar-refractivity contribution in [3.05, 3.63) is 59.9 Å². The smallest absolute Gasteiger partial charge is 0.311 e. The maximum absolute atomic E-state index is 14.3. The maximum atomic E-state index is 14.3. The molecule has 0 bridgehead atoms. The molecule has 2 aromatic carbocycles. The molecule has 1 aliphatic carbocycles. The van der Waals surface area contributed by atoms with Gasteiger partial charge in [0.25, 0.3) is 0 Å². The number of rotatable bonds is 8. The molecule has 3 atom stereocenters. The average molecular weight is 453 g/mol. The Bertz CT molecular complexity index is 1050. The van der Waals surface area contributed by atoms with E-state index in [1.54, 1.807) is 30.5 Å². The molecular weight excluding hydrogens is 423 g/mol. The van der Waals surface area contributed by atoms with Crippen LogP contribution in [0.15, 0.2) is 53.7 Å². The molecule has 0 saturated heterocycles. The van der Waals surface area contributed by atoms with Crippen LogP contribution in [0.1, 0.15) is 46.3 Å². The molecule has 1 fully saturated rings. The summed E-state index contributed by atoms with van der Waals surface area (Å²) in [7, 11) is 0. The molecule has 0 N–H and O–H groups in total. The number of halogens is 1. The Morgan fingerprint density at radius 3 is 2.58 bits per heavy atom. The molecule has 0 spiro atoms. The van der Waals surface area contributed by atoms with Gasteiger partial charge in [-0.05, 0) is 35.1 Å². The molecule has 2 aromatic rings. The predicted molar refractivity (Wildman–Crippen MR) is 122 cm³/mol. The predicted octanol–water partition coefficient (Wildman–Crippen LogP) is 6.05. The van der Waals surface area contributed by atoms with Crippen molar-refractivity contribution in [2.45, 2.75) is 40.7 Å². The summed E-state index contributed by atoms with van der Waals surface area (Å²) in [5.74, 6) is -1.29. The number of carbonyl (C=O) groups excluding carboxylic acids is 1. The van der Waals surface area contributed by atoms with Crippen LogP contribution in [0.2, 0.25) is 0 Å². The second kappa shape index (κ2) is 9.62. The number of benzene rings is 2. The minimum atomic E-state index is -1.19. The quantitative estimate of drug-likeness (QED) is 0.277. The van der Waals surface area contributed by atoms with Gasteiger partial charge in [-0.1, -0.05) is 64.0 Å². The lowest BCUT2D eigenvalue weighted by atomic mass is 9.99. The molecule has 0 amide bonds. The van der Waals surface area contributed by atoms with Gasteiger partial charge in [0.05, 0.1) is 5.92 Å². The van der Waals surface area contributed by atoms with Gasteiger partial charge in [0.1, 0.15) is 18.4 Å². The van der Waals surface area contributed by atoms with Crippen molar-refractivity contribution in [3.8, 4) is 17.6 Å². The van der Waals surface area contributed by atoms with E-state index in [0.29, 0.717) is 17.9 Å². The zero-order chi connectivity index (χ0) is 24.2. The first kappa shape index (κ1) is 24.2. The van der Waals surface area contributed by atoms with E-state index in [4.69, 9.17) is 14.3 Å². The number of carbonyl (C=O) groups is 1. The van der Waals surface area contributed by atoms with E-state index >= 15 is 0 Å². The minimum absolute atomic E-state index is 0.0208. The van der Waals surface area contributed by atoms with E-state index in [0.717, 1.165) is 0 Å². The van der Waals surface area contributed by atoms with Crippen molar-refractivity contribution in [2.24, 2.45) is 27.8 Å². The molecule has 3 rings (SSSR count). The van der Waals surface area contributed by atoms with Crippen LogP contribution in [0.4, 0.5) is 4.39 Å². The summed E-state index contributed by atoms with van der Waals surface area (Å²) >= 11 is 0. The highest BCUT2D eigenvalue weighted by Crippen LogP contribution is 2.58. The van der Waals surface area contributed by atoms with Crippen LogP contribution < -0.4 is 4.74 Å². The van der Waals surface area contributed by atoms with E-state index in [-0.39, 0.29) is 22.5 Å². The Labute approximate surface area is 194 Å². The van der Waals surface area contributed by atoms with Gasteiger partial charge in [0.2, 0.25) is 6.10 Å². The SMILES string of the molecule is CC(C)(C)CON=CC1C(C(=O)OC(C#N)c2ccc(F)c(Oc3ccccc3)c2)C1(C)C. The van der Waals surface area contributed by atoms with Crippen molar-refractivity contribution in [2.75, 3.05) is 6.61 Å². The lowest BCUT2D eigenvalue weighted by Gasteiger charge is -2.15. The first-order valence-corrected chi connectivity index (χ1v) is 10.8. The van der Waals surface area contributed by atoms with E-state index < -0.39 is 23.8 Å². The molecule has 174 valence electrons. The van der Waals surface area contributed by atoms with Crippen LogP contribution in [0.5, 0.6) is 11.5 Å². The monoisotopic (exact) mass is 452 g/mol. The minimum Gasteiger partial charge on any atom is -0.454 e. The summed E-state index contributed by atoms with van der Waals surface area (Å²) in [5, 5.41) is 13.6. The van der Waals surface area contributed by atoms with E-state index in [1.807, 2.05) is 46.8 Å². The molecule has 0 radical (unpaired) electrons. The largest absolute Gasteiger partial charge is 0.454 e. The summed E-state index contributed by atoms with van der Waals surface area (Å²) in [6, 6.07) is 14.7. The molecule has 33 heavy (non-hydrogen) atoms. The van der Waals surface area contributed by atoms with Crippen LogP contribution >= 0.6 is 0 Å². The van der Waals surface area contributed by atoms with E-state index in [2.05, 4.69) is 5.16 Å². The molecule has 1 saturated carbocycles. The normalized spacial score (nSPS) is 20.0. The molecule has 0 aliphatic heterocycles. The molecular formula is C26H29FN2O4. The number of hydrogen-bond acceptors (Lipinski definition) is 6. The Morgan fingerprint density at radius 2 is 1.94 bits per heavy atom. The molecule has 3 unspecified atom stereocenters. The summed E-state index contributed by atoms with van der Waals surface area (Å²) < 4.78 is 25.3. The fourth-order valence-corrected chi connectivity index (χ4v) is 3.48. The number of ether oxygens (including phenoxy) is 2. The van der Waals surface area contributed by atoms with Gasteiger partial charge in [0.15, 0.2) is 11.6 Å². The highest BCUT2D eigenvalue weighted by Gasteiger charge is 2.62. The van der Waals surface area contributed by atoms with Gasteiger partial charge >= 0.3 is 5.97 Å². The van der Waals surface area contributed by atoms with Gasteiger partial charge < -0.3 is 14.3 Å². The van der Waals surface area contributed by atoms with Crippen LogP contribution in [-0.4, -0.2) is 18.8 Å². The first-order valence-electron chi connectivity index (χ1n) is 10.8. The molecule has 6 nitrogen and oxygen atoms in total. The zero-order valence-electron chi connectivity index (χ0n) is 19.5. The standard InChI is InChI=1S/C26H29FN2O4/c1-25(2,3)16-31-29-15-19-23(26(19,4)5)24(30)33-22(14-28)17-11-12-20(27)21(13-17)32-18-9-7-6-8-10-18/h6-13,15,19,22-23H,16H2,1-5H3. The highest BCUT2D eigenvalue weighted by molar-refractivity contribution is 5.85. The Hall–Kier alpha value is -3.40. The number of nitrogens with zero attached hydrogens (tertiary/aromatic N) is 2. The van der Waals surface area contributed by atoms with E-state index in [9.17, 15) is 14.4 Å². The Balaban J connectivity index is 1.67. The number of hydrogen-bond donors (Lipinski definition) is 0. The summed E-state index contributed by atoms with van der Waals surface area (Å²) in [6.45, 7) is 10.4. The number of oxime groups is 1. The third-order valence-electron chi connectivity index (χ3n) is 5.54. The van der Waals surface area contributed by atoms with Crippen LogP contribution in [0, 0.1) is 39.8 Å². The average Bonchev–Trinajstić information content (AvgIpc) is 3.31. The van der Waals surface area contributed by atoms with E-state index in [1.165, 1.54) is 18.2 Å². The lowest BCUT2D eigenvalue weighted by molar-refractivity contribution is -0.149. The van der Waals surface area contributed by atoms with Crippen molar-refractivity contribution >= 4 is 12.2 Å². The zero-order valence-corrected chi connectivity index (χ0v) is 19.5. The summed E-state index contributed by atoms with van der Waals surface area (Å²) in [5.41, 5.74) is -0.0568. The molecule has 0 heterocycles. The van der Waals surface area contributed by atoms with Crippen molar-refractivity contribution < 1.29 is 23.5 Å². The second-order valence-electron chi connectivity index (χ2n) is 9.96. The van der Waals surface area contributed by atoms with Gasteiger partial charge in [-0.2, -0.15) is 5.26 Å². The van der Waals surface area contributed by atoms with Crippen molar-refractivity contribution in [3.63, 3.8) is 0 Å². The van der Waals surface area contributed by atoms with Gasteiger partial charge in [-0.15, -0.1) is 0 Å². The molecule has 1 aliphatic rings. The van der Waals surface area contributed by atoms with Crippen LogP contribution in [-0.2, 0) is 14.4 Å². The molecule has 0 aromatic heterocycles. The fourth-order valence-electron chi connectivity index (χ4n) is 3.48. The topological polar surface area (TPSA) is 80.9 Å². The first-order chi connectivity index (χ1) is 15.5. The fraction of sp³-hybridized carbons (Fsp3) is 0.423. The second-order valence-corrected chi connectivity index (χ2v) is 9.96. The van der Waals surface area contributed by atoms with Crippen LogP contribution in [0.3, 0.4) is 0 Å². The maximum Gasteiger partial charge on any atom is 0.311 e. The number of esters is 1. The van der Waals surface area contributed by atoms with Crippen molar-refractivity contribution in [1.29, 1.82) is 5.26 Å². The van der Waals surface area contributed by atoms with Gasteiger partial charge in [-0.25, -0.2) is 4.39 Å². The summed E-state index contributed by atoms with van der Waals surface area (Å²) in [6.07, 6.45) is 0.435. The van der Waals surface area contributed by atoms with Crippen molar-refractivity contribution in [1.82, 2.24) is 0 Å². The number of nitriles is 1. The highest BCUT2D eigenvalue weighted by atomic mass is 19.1. The molecule has 7 heteroatoms. The third-order valence-corrected chi connectivity index (χ3v) is 5.54. The van der Waals surface area contributed by atoms with Gasteiger partial charge in [-0.3, -0.25) is 4.79 Å². The van der Waals surface area contributed by atoms with Gasteiger partial charge in [0, 0.05) is 17.7 Å². The van der Waals surface area contributed by atoms with Crippen LogP contribution in [0.25, 0.3) is 0 Å². The number of para-hydroxylation sites is 1.